The summed E-state index contributed by atoms with van der Waals surface area (Å²) >= 11 is 0. The Morgan fingerprint density at radius 2 is 2.12 bits per heavy atom. The molecule has 10 heteroatoms. The van der Waals surface area contributed by atoms with Crippen molar-refractivity contribution in [2.75, 3.05) is 19.5 Å². The second kappa shape index (κ2) is 8.41. The summed E-state index contributed by atoms with van der Waals surface area (Å²) in [7, 11) is 1.31. The Kier molecular flexibility index (Phi) is 6.48. The zero-order valence-corrected chi connectivity index (χ0v) is 14.5. The van der Waals surface area contributed by atoms with Crippen molar-refractivity contribution in [2.45, 2.75) is 44.3 Å². The molecule has 0 aromatic carbocycles. The fourth-order valence-corrected chi connectivity index (χ4v) is 2.64. The maximum absolute atomic E-state index is 12.1. The van der Waals surface area contributed by atoms with E-state index in [0.29, 0.717) is 12.0 Å². The Balaban J connectivity index is 2.29. The van der Waals surface area contributed by atoms with Crippen molar-refractivity contribution in [2.24, 2.45) is 0 Å². The number of nitrogen functional groups attached to an aromatic ring is 1. The summed E-state index contributed by atoms with van der Waals surface area (Å²) < 4.78 is 10.9. The average molecular weight is 369 g/mol. The third-order valence-corrected chi connectivity index (χ3v) is 4.16. The van der Waals surface area contributed by atoms with Gasteiger partial charge in [-0.2, -0.15) is 4.98 Å². The highest BCUT2D eigenvalue weighted by Gasteiger charge is 2.43. The normalized spacial score (nSPS) is 26.1. The molecular weight excluding hydrogens is 346 g/mol. The average Bonchev–Trinajstić information content (AvgIpc) is 2.90. The predicted molar refractivity (Wildman–Crippen MR) is 90.8 cm³/mol. The predicted octanol–water partition coefficient (Wildman–Crippen LogP) is -1.21. The summed E-state index contributed by atoms with van der Waals surface area (Å²) in [4.78, 5) is 27.0. The van der Waals surface area contributed by atoms with Gasteiger partial charge in [0.05, 0.1) is 13.7 Å². The molecule has 0 amide bonds. The summed E-state index contributed by atoms with van der Waals surface area (Å²) in [6.07, 6.45) is -1.33. The Bertz CT molecular complexity index is 746. The molecule has 1 aliphatic heterocycles. The van der Waals surface area contributed by atoms with Crippen LogP contribution in [0.15, 0.2) is 16.6 Å². The molecule has 2 rings (SSSR count). The summed E-state index contributed by atoms with van der Waals surface area (Å²) in [6.45, 7) is 1.27. The van der Waals surface area contributed by atoms with Crippen molar-refractivity contribution in [3.05, 3.63) is 27.8 Å². The number of rotatable bonds is 6. The zero-order chi connectivity index (χ0) is 19.4. The number of aromatic nitrogens is 2. The fraction of sp³-hybridized carbons (Fsp3) is 0.562. The molecule has 10 nitrogen and oxygen atoms in total. The lowest BCUT2D eigenvalue weighted by atomic mass is 10.1. The number of carbonyl (C=O) groups is 1. The fourth-order valence-electron chi connectivity index (χ4n) is 2.64. The van der Waals surface area contributed by atoms with Gasteiger partial charge in [-0.25, -0.2) is 4.79 Å². The summed E-state index contributed by atoms with van der Waals surface area (Å²) in [5.74, 6) is -0.365. The molecule has 26 heavy (non-hydrogen) atoms. The number of esters is 1. The van der Waals surface area contributed by atoms with Crippen molar-refractivity contribution < 1.29 is 29.6 Å². The van der Waals surface area contributed by atoms with Gasteiger partial charge < -0.3 is 30.5 Å². The van der Waals surface area contributed by atoms with Gasteiger partial charge in [0.2, 0.25) is 0 Å². The van der Waals surface area contributed by atoms with Gasteiger partial charge >= 0.3 is 11.7 Å². The molecule has 0 bridgehead atoms. The van der Waals surface area contributed by atoms with Crippen LogP contribution in [0.2, 0.25) is 0 Å². The van der Waals surface area contributed by atoms with E-state index in [1.807, 2.05) is 0 Å². The number of anilines is 1. The molecule has 4 atom stereocenters. The third kappa shape index (κ3) is 4.28. The van der Waals surface area contributed by atoms with Crippen LogP contribution in [-0.2, 0) is 14.3 Å². The second-order valence-corrected chi connectivity index (χ2v) is 6.07. The molecule has 1 aliphatic rings. The van der Waals surface area contributed by atoms with Crippen molar-refractivity contribution in [1.82, 2.24) is 9.55 Å². The first-order chi connectivity index (χ1) is 12.3. The van der Waals surface area contributed by atoms with Crippen LogP contribution in [0, 0.1) is 0 Å². The Labute approximate surface area is 149 Å². The molecule has 1 saturated heterocycles. The number of carbonyl (C=O) groups excluding carboxylic acids is 1. The number of aliphatic hydroxyl groups is 3. The molecule has 0 unspecified atom stereocenters. The Morgan fingerprint density at radius 3 is 2.69 bits per heavy atom. The smallest absolute Gasteiger partial charge is 0.351 e. The molecule has 1 aromatic rings. The maximum atomic E-state index is 12.1. The van der Waals surface area contributed by atoms with E-state index in [1.165, 1.54) is 13.3 Å². The number of hydrogen-bond acceptors (Lipinski definition) is 9. The van der Waals surface area contributed by atoms with E-state index in [4.69, 9.17) is 15.6 Å². The molecule has 0 saturated carbocycles. The summed E-state index contributed by atoms with van der Waals surface area (Å²) in [6, 6.07) is 0. The van der Waals surface area contributed by atoms with Gasteiger partial charge in [-0.15, -0.1) is 0 Å². The van der Waals surface area contributed by atoms with Crippen molar-refractivity contribution in [3.63, 3.8) is 0 Å². The molecular formula is C16H23N3O7. The summed E-state index contributed by atoms with van der Waals surface area (Å²) in [5, 5.41) is 29.1. The van der Waals surface area contributed by atoms with Gasteiger partial charge in [-0.05, 0) is 13.3 Å². The van der Waals surface area contributed by atoms with E-state index in [-0.39, 0.29) is 18.2 Å². The summed E-state index contributed by atoms with van der Waals surface area (Å²) in [5.41, 5.74) is 6.21. The quantitative estimate of drug-likeness (QED) is 0.452. The maximum Gasteiger partial charge on any atom is 0.351 e. The number of allylic oxidation sites excluding steroid dienone is 1. The highest BCUT2D eigenvalue weighted by molar-refractivity contribution is 5.70. The first kappa shape index (κ1) is 20.0. The minimum Gasteiger partial charge on any atom is -0.469 e. The number of methoxy groups -OCH3 is 1. The lowest BCUT2D eigenvalue weighted by Gasteiger charge is -2.18. The van der Waals surface area contributed by atoms with Crippen molar-refractivity contribution in [1.29, 1.82) is 0 Å². The van der Waals surface area contributed by atoms with E-state index in [9.17, 15) is 19.8 Å². The lowest BCUT2D eigenvalue weighted by Crippen LogP contribution is -2.36. The highest BCUT2D eigenvalue weighted by Crippen LogP contribution is 2.28. The zero-order valence-electron chi connectivity index (χ0n) is 14.5. The molecule has 1 aromatic heterocycles. The van der Waals surface area contributed by atoms with Crippen LogP contribution in [-0.4, -0.2) is 62.9 Å². The van der Waals surface area contributed by atoms with Gasteiger partial charge in [0.25, 0.3) is 0 Å². The van der Waals surface area contributed by atoms with Crippen LogP contribution in [0.1, 0.15) is 31.6 Å². The van der Waals surface area contributed by atoms with Crippen LogP contribution in [0.4, 0.5) is 5.82 Å². The van der Waals surface area contributed by atoms with E-state index in [1.54, 1.807) is 13.0 Å². The van der Waals surface area contributed by atoms with Gasteiger partial charge in [0.1, 0.15) is 24.1 Å². The number of hydrogen-bond donors (Lipinski definition) is 4. The van der Waals surface area contributed by atoms with Crippen molar-refractivity contribution >= 4 is 17.9 Å². The standard InChI is InChI=1S/C16H23N3O7/c1-8(3-4-11(21)25-2)5-9-6-19(16(24)18-14(9)17)15-13(23)12(22)10(7-20)26-15/h5-6,10,12-13,15,20,22-23H,3-4,7H2,1-2H3,(H2,17,18,24)/t10-,12-,13+,15-/m1/s1. The van der Waals surface area contributed by atoms with Crippen LogP contribution in [0.5, 0.6) is 0 Å². The molecule has 5 N–H and O–H groups in total. The van der Waals surface area contributed by atoms with Crippen LogP contribution >= 0.6 is 0 Å². The van der Waals surface area contributed by atoms with Gasteiger partial charge in [0, 0.05) is 18.2 Å². The molecule has 1 fully saturated rings. The third-order valence-electron chi connectivity index (χ3n) is 4.16. The number of nitrogens with two attached hydrogens (primary N) is 1. The number of aliphatic hydroxyl groups excluding tert-OH is 3. The second-order valence-electron chi connectivity index (χ2n) is 6.07. The molecule has 0 radical (unpaired) electrons. The minimum absolute atomic E-state index is 0.0181. The molecule has 0 spiro atoms. The SMILES string of the molecule is COC(=O)CCC(C)=Cc1cn([C@@H]2O[C@H](CO)[C@@H](O)[C@@H]2O)c(=O)nc1N. The lowest BCUT2D eigenvalue weighted by molar-refractivity contribution is -0.140. The number of ether oxygens (including phenoxy) is 2. The van der Waals surface area contributed by atoms with Crippen LogP contribution in [0.3, 0.4) is 0 Å². The van der Waals surface area contributed by atoms with Gasteiger partial charge in [-0.3, -0.25) is 9.36 Å². The first-order valence-corrected chi connectivity index (χ1v) is 8.03. The van der Waals surface area contributed by atoms with E-state index in [0.717, 1.165) is 10.1 Å². The molecule has 0 aliphatic carbocycles. The number of nitrogens with zero attached hydrogens (tertiary/aromatic N) is 2. The monoisotopic (exact) mass is 369 g/mol. The van der Waals surface area contributed by atoms with Gasteiger partial charge in [0.15, 0.2) is 6.23 Å². The molecule has 144 valence electrons. The van der Waals surface area contributed by atoms with E-state index < -0.39 is 36.8 Å². The van der Waals surface area contributed by atoms with E-state index >= 15 is 0 Å². The highest BCUT2D eigenvalue weighted by atomic mass is 16.6. The molecule has 2 heterocycles. The first-order valence-electron chi connectivity index (χ1n) is 8.03. The largest absolute Gasteiger partial charge is 0.469 e. The minimum atomic E-state index is -1.41. The topological polar surface area (TPSA) is 157 Å². The Hall–Kier alpha value is -2.27. The van der Waals surface area contributed by atoms with Crippen LogP contribution in [0.25, 0.3) is 6.08 Å². The van der Waals surface area contributed by atoms with E-state index in [2.05, 4.69) is 9.72 Å². The van der Waals surface area contributed by atoms with Crippen molar-refractivity contribution in [3.8, 4) is 0 Å². The van der Waals surface area contributed by atoms with Crippen LogP contribution < -0.4 is 11.4 Å². The Morgan fingerprint density at radius 1 is 1.42 bits per heavy atom. The van der Waals surface area contributed by atoms with Gasteiger partial charge in [-0.1, -0.05) is 11.6 Å².